The molecule has 1 aliphatic heterocycles. The maximum Gasteiger partial charge on any atom is 1.00 e. The molecule has 6 atom stereocenters. The second kappa shape index (κ2) is 58.1. The number of anilines is 5. The number of hydrogen-bond donors (Lipinski definition) is 8. The van der Waals surface area contributed by atoms with E-state index in [1.54, 1.807) is 131 Å². The minimum absolute atomic E-state index is 0. The number of hydrogen-bond acceptors (Lipinski definition) is 31. The van der Waals surface area contributed by atoms with Gasteiger partial charge in [0.05, 0.1) is 107 Å². The molecule has 0 bridgehead atoms. The van der Waals surface area contributed by atoms with Gasteiger partial charge in [0.1, 0.15) is 46.9 Å². The van der Waals surface area contributed by atoms with Crippen molar-refractivity contribution in [3.05, 3.63) is 263 Å². The number of thiophene rings is 3. The van der Waals surface area contributed by atoms with Crippen LogP contribution in [-0.2, 0) is 38.3 Å². The number of benzene rings is 6. The zero-order valence-electron chi connectivity index (χ0n) is 64.7. The Kier molecular flexibility index (Phi) is 54.2. The number of halogens is 6. The topological polar surface area (TPSA) is 502 Å². The second-order valence-electron chi connectivity index (χ2n) is 22.4. The third kappa shape index (κ3) is 39.8. The molecule has 0 aliphatic carbocycles. The summed E-state index contributed by atoms with van der Waals surface area (Å²) in [5.41, 5.74) is 11.1. The molecule has 35 nitrogen and oxygen atoms in total. The number of methoxy groups -OCH3 is 2. The number of nitrogens with two attached hydrogens (primary N) is 1. The summed E-state index contributed by atoms with van der Waals surface area (Å²) in [5.74, 6) is -3.13. The Morgan fingerprint density at radius 2 is 0.880 bits per heavy atom. The van der Waals surface area contributed by atoms with Crippen LogP contribution < -0.4 is 56.7 Å². The second-order valence-corrected chi connectivity index (χ2v) is 31.1. The fourth-order valence-corrected chi connectivity index (χ4v) is 13.7. The van der Waals surface area contributed by atoms with Crippen LogP contribution in [0.2, 0.25) is 0 Å². The Morgan fingerprint density at radius 3 is 1.21 bits per heavy atom. The predicted molar refractivity (Wildman–Crippen MR) is 462 cm³/mol. The van der Waals surface area contributed by atoms with Crippen molar-refractivity contribution in [3.63, 3.8) is 0 Å². The van der Waals surface area contributed by atoms with Crippen molar-refractivity contribution in [2.75, 3.05) is 69.1 Å². The number of esters is 2. The van der Waals surface area contributed by atoms with Crippen molar-refractivity contribution in [2.45, 2.75) is 77.8 Å². The van der Waals surface area contributed by atoms with E-state index in [-0.39, 0.29) is 88.9 Å². The number of nitro groups is 5. The molecule has 0 spiro atoms. The number of aliphatic imine (C=N–C) groups is 1. The zero-order valence-corrected chi connectivity index (χ0v) is 74.3. The van der Waals surface area contributed by atoms with Crippen LogP contribution in [0.25, 0.3) is 0 Å². The van der Waals surface area contributed by atoms with E-state index in [9.17, 15) is 78.9 Å². The SMILES string of the molecule is Brc1ccc(Br)s1.CNOC.COC(=O)[C@H](C)N.COC(=O)[C@H](C)Nc1ccccc1[N+](=O)[O-].CON(C)C(=O)[C@H](C)Nc1ccccc1[N+](=O)[O-].C[C@@H]1Nc2ccccc2N=C1c1ccc(Br)s1.C[C@H](Nc1ccccc1[N+](=O)[O-])C(=O)O.C[C@H](Nc1ccccc1[N+](=O)[O-])C(=O)c1ccc(Br)s1.Cl.O=[N+]([O-])c1ccccc1F.[Li+].[OH-]. The average molecular weight is 1960 g/mol. The quantitative estimate of drug-likeness (QED) is 0.0103. The molecule has 4 heterocycles. The van der Waals surface area contributed by atoms with Gasteiger partial charge in [-0.2, -0.15) is 4.39 Å². The minimum Gasteiger partial charge on any atom is -0.870 e. The first-order valence-corrected chi connectivity index (χ1v) is 38.4. The molecule has 0 fully saturated rings. The van der Waals surface area contributed by atoms with Gasteiger partial charge in [-0.15, -0.1) is 46.4 Å². The van der Waals surface area contributed by atoms with Crippen molar-refractivity contribution >= 4 is 208 Å². The molecule has 6 aromatic carbocycles. The Bertz CT molecular complexity index is 4680. The number of rotatable bonds is 22. The van der Waals surface area contributed by atoms with E-state index in [0.29, 0.717) is 21.9 Å². The smallest absolute Gasteiger partial charge is 0.870 e. The van der Waals surface area contributed by atoms with Crippen LogP contribution in [-0.4, -0.2) is 154 Å². The molecule has 1 amide bonds. The maximum atomic E-state index is 12.4. The third-order valence-corrected chi connectivity index (χ3v) is 19.5. The minimum atomic E-state index is -1.06. The van der Waals surface area contributed by atoms with E-state index in [2.05, 4.69) is 135 Å². The monoisotopic (exact) mass is 1950 g/mol. The summed E-state index contributed by atoms with van der Waals surface area (Å²) in [7, 11) is 8.70. The number of carbonyl (C=O) groups excluding carboxylic acids is 4. The van der Waals surface area contributed by atoms with E-state index >= 15 is 0 Å². The largest absolute Gasteiger partial charge is 1.00 e. The molecular formula is C72H83Br4ClFLiN14O21S3. The van der Waals surface area contributed by atoms with E-state index in [1.165, 1.54) is 114 Å². The summed E-state index contributed by atoms with van der Waals surface area (Å²) < 4.78 is 25.5. The molecule has 0 saturated heterocycles. The number of carbonyl (C=O) groups is 5. The molecule has 10 N–H and O–H groups in total. The fraction of sp³-hybridized carbons (Fsp3) is 0.250. The summed E-state index contributed by atoms with van der Waals surface area (Å²) in [4.78, 5) is 122. The molecule has 3 aromatic heterocycles. The molecule has 0 unspecified atom stereocenters. The Hall–Kier alpha value is -9.82. The van der Waals surface area contributed by atoms with Crippen LogP contribution in [0.1, 0.15) is 56.1 Å². The summed E-state index contributed by atoms with van der Waals surface area (Å²) >= 11 is 18.2. The Balaban J connectivity index is 0. The molecule has 45 heteroatoms. The molecule has 0 radical (unpaired) electrons. The van der Waals surface area contributed by atoms with Crippen LogP contribution in [0.5, 0.6) is 0 Å². The van der Waals surface area contributed by atoms with Crippen LogP contribution in [0.3, 0.4) is 0 Å². The normalized spacial score (nSPS) is 12.0. The molecule has 1 aliphatic rings. The van der Waals surface area contributed by atoms with Gasteiger partial charge in [-0.25, -0.2) is 20.3 Å². The number of nitrogens with zero attached hydrogens (tertiary/aromatic N) is 7. The van der Waals surface area contributed by atoms with Crippen molar-refractivity contribution in [2.24, 2.45) is 10.7 Å². The molecule has 10 rings (SSSR count). The van der Waals surface area contributed by atoms with Gasteiger partial charge in [0.15, 0.2) is 5.78 Å². The number of fused-ring (bicyclic) bond motifs is 1. The van der Waals surface area contributed by atoms with Gasteiger partial charge in [0.25, 0.3) is 28.7 Å². The van der Waals surface area contributed by atoms with E-state index in [4.69, 9.17) is 20.7 Å². The Morgan fingerprint density at radius 1 is 0.530 bits per heavy atom. The number of carboxylic acids is 1. The fourth-order valence-electron chi connectivity index (χ4n) is 8.42. The summed E-state index contributed by atoms with van der Waals surface area (Å²) in [6.45, 7) is 10.00. The first-order valence-electron chi connectivity index (χ1n) is 32.8. The van der Waals surface area contributed by atoms with Gasteiger partial charge in [0, 0.05) is 44.4 Å². The molecule has 117 heavy (non-hydrogen) atoms. The number of para-hydroxylation sites is 11. The molecular weight excluding hydrogens is 1870 g/mol. The van der Waals surface area contributed by atoms with E-state index in [0.717, 1.165) is 41.9 Å². The number of ketones is 1. The van der Waals surface area contributed by atoms with Crippen LogP contribution in [0.15, 0.2) is 202 Å². The molecule has 9 aromatic rings. The number of aliphatic carboxylic acids is 1. The van der Waals surface area contributed by atoms with Gasteiger partial charge >= 0.3 is 42.5 Å². The van der Waals surface area contributed by atoms with Crippen molar-refractivity contribution in [1.29, 1.82) is 0 Å². The van der Waals surface area contributed by atoms with Crippen LogP contribution in [0, 0.1) is 56.4 Å². The van der Waals surface area contributed by atoms with Crippen molar-refractivity contribution < 1.29 is 102 Å². The first-order chi connectivity index (χ1) is 53.9. The Labute approximate surface area is 735 Å². The van der Waals surface area contributed by atoms with Gasteiger partial charge < -0.3 is 57.2 Å². The predicted octanol–water partition coefficient (Wildman–Crippen LogP) is 14.5. The van der Waals surface area contributed by atoms with E-state index in [1.807, 2.05) is 30.3 Å². The summed E-state index contributed by atoms with van der Waals surface area (Å²) in [6, 6.07) is 46.4. The average Bonchev–Trinajstić information content (AvgIpc) is 1.40. The number of amides is 1. The van der Waals surface area contributed by atoms with Gasteiger partial charge in [0.2, 0.25) is 5.82 Å². The summed E-state index contributed by atoms with van der Waals surface area (Å²) in [5, 5.41) is 77.2. The number of likely N-dealkylation sites (N-methyl/N-ethyl adjacent to an activating group) is 1. The molecule has 628 valence electrons. The zero-order chi connectivity index (χ0) is 85.9. The standard InChI is InChI=1S/C13H11BrN2O3S.C13H11BrN2S.C11H15N3O4.C10H12N2O4.C9H10N2O4.C6H4FNO2.C4H2Br2S.C4H9NO2.C2H7NO.ClH.Li.H2O/c1-8(13(17)11-6-7-12(14)20-11)15-9-4-2-3-5-10(9)16(18)19;1-8-13(11-6-7-12(14)17-11)16-10-5-3-2-4-9(10)15-8;1-8(11(15)13(2)18-3)12-9-6-4-5-7-10(9)14(16)17;1-7(10(13)16-2)11-8-5-3-4-6-9(8)12(14)15;1-6(9(12)13)10-7-4-2-3-5-8(7)11(14)15;7-5-3-1-2-4-6(5)8(9)10;5-3-1-2-4(6)7-3;1-3(5)4(6)7-2;1-3-4-2;;;/h2-8,15H,1H3;2-8,15H,1H3;4-8,12H,1-3H3;3-7,11H,1-2H3;2-6,10H,1H3,(H,12,13);1-4H;1-2H;3H,5H2,1-2H3;3H,1-2H3;1H;;1H2/q;;;;;;;;;;+1;/p-1/t3*8-;7-;6-;;;3-;;;;/m00000..0..../s1. The summed E-state index contributed by atoms with van der Waals surface area (Å²) in [6.07, 6.45) is 0. The first kappa shape index (κ1) is 109. The van der Waals surface area contributed by atoms with Crippen molar-refractivity contribution in [3.8, 4) is 0 Å². The van der Waals surface area contributed by atoms with Gasteiger partial charge in [-0.1, -0.05) is 72.8 Å². The van der Waals surface area contributed by atoms with Crippen LogP contribution in [0.4, 0.5) is 67.0 Å². The molecule has 0 saturated carbocycles. The third-order valence-electron chi connectivity index (χ3n) is 14.1. The number of ether oxygens (including phenoxy) is 2. The maximum absolute atomic E-state index is 12.4. The van der Waals surface area contributed by atoms with E-state index < -0.39 is 78.3 Å². The van der Waals surface area contributed by atoms with Crippen LogP contribution >= 0.6 is 110 Å². The van der Waals surface area contributed by atoms with Crippen molar-refractivity contribution in [1.82, 2.24) is 10.5 Å². The van der Waals surface area contributed by atoms with Gasteiger partial charge in [-0.3, -0.25) is 74.6 Å². The number of nitrogens with one attached hydrogen (secondary N) is 6. The number of carboxylic acid groups (broad SMARTS) is 1. The number of nitro benzene ring substituents is 5. The van der Waals surface area contributed by atoms with Gasteiger partial charge in [-0.05, 0) is 184 Å². The number of Topliss-reactive ketones (excluding diaryl/α,β-unsaturated/α-hetero) is 1. The number of hydroxylamine groups is 3.